The molecule has 1 aliphatic rings. The first-order valence-corrected chi connectivity index (χ1v) is 6.21. The van der Waals surface area contributed by atoms with Gasteiger partial charge in [0.2, 0.25) is 6.41 Å². The second kappa shape index (κ2) is 8.61. The second-order valence-corrected chi connectivity index (χ2v) is 4.23. The second-order valence-electron chi connectivity index (χ2n) is 4.23. The fourth-order valence-corrected chi connectivity index (χ4v) is 1.91. The molecular weight excluding hydrogens is 218 g/mol. The Morgan fingerprint density at radius 2 is 2.00 bits per heavy atom. The molecule has 0 aromatic heterocycles. The lowest BCUT2D eigenvalue weighted by molar-refractivity contribution is -0.109. The lowest BCUT2D eigenvalue weighted by Crippen LogP contribution is -2.34. The molecule has 0 aromatic carbocycles. The van der Waals surface area contributed by atoms with Crippen LogP contribution in [0.3, 0.4) is 0 Å². The predicted molar refractivity (Wildman–Crippen MR) is 66.3 cm³/mol. The summed E-state index contributed by atoms with van der Waals surface area (Å²) >= 11 is 0. The molecule has 0 aromatic rings. The van der Waals surface area contributed by atoms with E-state index in [1.165, 1.54) is 25.7 Å². The first-order valence-electron chi connectivity index (χ1n) is 6.21. The SMILES string of the molecule is O=CNCCCNC(=O)N/C=C/C1CCCC1. The molecule has 17 heavy (non-hydrogen) atoms. The molecule has 3 N–H and O–H groups in total. The Balaban J connectivity index is 1.98. The third-order valence-electron chi connectivity index (χ3n) is 2.85. The molecule has 0 bridgehead atoms. The first kappa shape index (κ1) is 13.5. The van der Waals surface area contributed by atoms with Crippen LogP contribution in [0.5, 0.6) is 0 Å². The maximum atomic E-state index is 11.3. The summed E-state index contributed by atoms with van der Waals surface area (Å²) in [5, 5.41) is 7.93. The molecule has 0 atom stereocenters. The number of hydrogen-bond donors (Lipinski definition) is 3. The van der Waals surface area contributed by atoms with Crippen molar-refractivity contribution in [2.45, 2.75) is 32.1 Å². The van der Waals surface area contributed by atoms with Gasteiger partial charge in [0.25, 0.3) is 0 Å². The Labute approximate surface area is 102 Å². The van der Waals surface area contributed by atoms with Crippen LogP contribution < -0.4 is 16.0 Å². The summed E-state index contributed by atoms with van der Waals surface area (Å²) in [6.45, 7) is 1.14. The van der Waals surface area contributed by atoms with Crippen LogP contribution in [0.25, 0.3) is 0 Å². The fourth-order valence-electron chi connectivity index (χ4n) is 1.91. The van der Waals surface area contributed by atoms with Crippen LogP contribution in [-0.4, -0.2) is 25.5 Å². The van der Waals surface area contributed by atoms with E-state index in [2.05, 4.69) is 22.0 Å². The lowest BCUT2D eigenvalue weighted by Gasteiger charge is -2.05. The maximum Gasteiger partial charge on any atom is 0.318 e. The van der Waals surface area contributed by atoms with E-state index in [0.29, 0.717) is 25.4 Å². The molecule has 1 rings (SSSR count). The van der Waals surface area contributed by atoms with Crippen molar-refractivity contribution in [3.8, 4) is 0 Å². The topological polar surface area (TPSA) is 70.2 Å². The van der Waals surface area contributed by atoms with Crippen LogP contribution in [0.15, 0.2) is 12.3 Å². The quantitative estimate of drug-likeness (QED) is 0.460. The molecule has 3 amide bonds. The molecule has 0 unspecified atom stereocenters. The van der Waals surface area contributed by atoms with Crippen molar-refractivity contribution in [2.24, 2.45) is 5.92 Å². The zero-order valence-corrected chi connectivity index (χ0v) is 10.1. The predicted octanol–water partition coefficient (Wildman–Crippen LogP) is 1.13. The minimum Gasteiger partial charge on any atom is -0.359 e. The van der Waals surface area contributed by atoms with E-state index in [1.54, 1.807) is 6.20 Å². The summed E-state index contributed by atoms with van der Waals surface area (Å²) in [6.07, 6.45) is 10.3. The number of carbonyl (C=O) groups is 2. The number of rotatable bonds is 7. The van der Waals surface area contributed by atoms with Gasteiger partial charge in [0.1, 0.15) is 0 Å². The summed E-state index contributed by atoms with van der Waals surface area (Å²) in [5.41, 5.74) is 0. The minimum absolute atomic E-state index is 0.189. The fraction of sp³-hybridized carbons (Fsp3) is 0.667. The van der Waals surface area contributed by atoms with Crippen LogP contribution in [-0.2, 0) is 4.79 Å². The number of carbonyl (C=O) groups excluding carboxylic acids is 2. The van der Waals surface area contributed by atoms with E-state index in [9.17, 15) is 9.59 Å². The summed E-state index contributed by atoms with van der Waals surface area (Å²) in [4.78, 5) is 21.2. The molecule has 1 fully saturated rings. The molecule has 5 nitrogen and oxygen atoms in total. The normalized spacial score (nSPS) is 16.0. The van der Waals surface area contributed by atoms with Crippen LogP contribution in [0.1, 0.15) is 32.1 Å². The average Bonchev–Trinajstić information content (AvgIpc) is 2.82. The summed E-state index contributed by atoms with van der Waals surface area (Å²) in [6, 6.07) is -0.189. The van der Waals surface area contributed by atoms with E-state index < -0.39 is 0 Å². The number of allylic oxidation sites excluding steroid dienone is 1. The van der Waals surface area contributed by atoms with Crippen molar-refractivity contribution in [1.82, 2.24) is 16.0 Å². The molecule has 0 heterocycles. The van der Waals surface area contributed by atoms with Gasteiger partial charge in [0.15, 0.2) is 0 Å². The largest absolute Gasteiger partial charge is 0.359 e. The van der Waals surface area contributed by atoms with Crippen molar-refractivity contribution < 1.29 is 9.59 Å². The van der Waals surface area contributed by atoms with E-state index in [0.717, 1.165) is 6.42 Å². The summed E-state index contributed by atoms with van der Waals surface area (Å²) in [5.74, 6) is 0.632. The molecule has 0 aliphatic heterocycles. The number of amides is 3. The standard InChI is InChI=1S/C12H21N3O2/c16-10-13-7-3-8-14-12(17)15-9-6-11-4-1-2-5-11/h6,9-11H,1-5,7-8H2,(H,13,16)(H2,14,15,17)/b9-6+. The molecule has 1 aliphatic carbocycles. The van der Waals surface area contributed by atoms with Gasteiger partial charge in [-0.2, -0.15) is 0 Å². The first-order chi connectivity index (χ1) is 8.33. The van der Waals surface area contributed by atoms with Crippen molar-refractivity contribution in [3.05, 3.63) is 12.3 Å². The maximum absolute atomic E-state index is 11.3. The molecular formula is C12H21N3O2. The van der Waals surface area contributed by atoms with E-state index in [4.69, 9.17) is 0 Å². The highest BCUT2D eigenvalue weighted by atomic mass is 16.2. The van der Waals surface area contributed by atoms with Crippen LogP contribution >= 0.6 is 0 Å². The highest BCUT2D eigenvalue weighted by molar-refractivity contribution is 5.74. The van der Waals surface area contributed by atoms with Gasteiger partial charge in [0, 0.05) is 19.3 Å². The molecule has 1 saturated carbocycles. The Morgan fingerprint density at radius 3 is 2.71 bits per heavy atom. The molecule has 0 spiro atoms. The van der Waals surface area contributed by atoms with Gasteiger partial charge in [-0.15, -0.1) is 0 Å². The average molecular weight is 239 g/mol. The lowest BCUT2D eigenvalue weighted by atomic mass is 10.1. The van der Waals surface area contributed by atoms with Crippen molar-refractivity contribution in [1.29, 1.82) is 0 Å². The minimum atomic E-state index is -0.189. The Bertz CT molecular complexity index is 260. The van der Waals surface area contributed by atoms with Gasteiger partial charge in [-0.3, -0.25) is 4.79 Å². The highest BCUT2D eigenvalue weighted by Gasteiger charge is 2.10. The van der Waals surface area contributed by atoms with Crippen LogP contribution in [0.2, 0.25) is 0 Å². The van der Waals surface area contributed by atoms with Gasteiger partial charge in [-0.25, -0.2) is 4.79 Å². The number of nitrogens with one attached hydrogen (secondary N) is 3. The number of urea groups is 1. The summed E-state index contributed by atoms with van der Waals surface area (Å²) in [7, 11) is 0. The van der Waals surface area contributed by atoms with Crippen LogP contribution in [0, 0.1) is 5.92 Å². The van der Waals surface area contributed by atoms with Gasteiger partial charge in [0.05, 0.1) is 0 Å². The Kier molecular flexibility index (Phi) is 6.86. The van der Waals surface area contributed by atoms with Gasteiger partial charge >= 0.3 is 6.03 Å². The molecule has 5 heteroatoms. The summed E-state index contributed by atoms with van der Waals surface area (Å²) < 4.78 is 0. The molecule has 0 radical (unpaired) electrons. The Morgan fingerprint density at radius 1 is 1.24 bits per heavy atom. The van der Waals surface area contributed by atoms with Gasteiger partial charge in [-0.05, 0) is 25.2 Å². The van der Waals surface area contributed by atoms with E-state index >= 15 is 0 Å². The monoisotopic (exact) mass is 239 g/mol. The van der Waals surface area contributed by atoms with Gasteiger partial charge in [-0.1, -0.05) is 18.9 Å². The zero-order chi connectivity index (χ0) is 12.3. The van der Waals surface area contributed by atoms with Crippen LogP contribution in [0.4, 0.5) is 4.79 Å². The van der Waals surface area contributed by atoms with E-state index in [1.807, 2.05) is 0 Å². The Hall–Kier alpha value is -1.52. The van der Waals surface area contributed by atoms with Crippen molar-refractivity contribution >= 4 is 12.4 Å². The molecule has 96 valence electrons. The van der Waals surface area contributed by atoms with Crippen molar-refractivity contribution in [3.63, 3.8) is 0 Å². The highest BCUT2D eigenvalue weighted by Crippen LogP contribution is 2.25. The van der Waals surface area contributed by atoms with Gasteiger partial charge < -0.3 is 16.0 Å². The molecule has 0 saturated heterocycles. The third kappa shape index (κ3) is 6.60. The van der Waals surface area contributed by atoms with Crippen molar-refractivity contribution in [2.75, 3.05) is 13.1 Å². The number of hydrogen-bond acceptors (Lipinski definition) is 2. The third-order valence-corrected chi connectivity index (χ3v) is 2.85. The smallest absolute Gasteiger partial charge is 0.318 e. The zero-order valence-electron chi connectivity index (χ0n) is 10.1. The van der Waals surface area contributed by atoms with E-state index in [-0.39, 0.29) is 6.03 Å².